The number of ether oxygens (including phenoxy) is 1. The number of carbonyl (C=O) groups is 1. The molecule has 5 aliphatic rings. The van der Waals surface area contributed by atoms with Crippen LogP contribution in [0.15, 0.2) is 29.1 Å². The molecule has 4 heterocycles. The van der Waals surface area contributed by atoms with Crippen LogP contribution in [-0.2, 0) is 9.53 Å². The van der Waals surface area contributed by atoms with Gasteiger partial charge in [-0.3, -0.25) is 9.69 Å². The number of para-hydroxylation sites is 2. The van der Waals surface area contributed by atoms with E-state index >= 15 is 0 Å². The monoisotopic (exact) mass is 506 g/mol. The maximum atomic E-state index is 14.1. The number of hydrogen-bond donors (Lipinski definition) is 1. The number of benzene rings is 1. The summed E-state index contributed by atoms with van der Waals surface area (Å²) in [6.07, 6.45) is 11.3. The van der Waals surface area contributed by atoms with Crippen LogP contribution in [0.2, 0.25) is 0 Å². The quantitative estimate of drug-likeness (QED) is 0.674. The van der Waals surface area contributed by atoms with Crippen LogP contribution in [0.25, 0.3) is 11.0 Å². The molecule has 2 saturated carbocycles. The number of anilines is 1. The highest BCUT2D eigenvalue weighted by atomic mass is 16.5. The second-order valence-corrected chi connectivity index (χ2v) is 12.2. The average molecular weight is 507 g/mol. The minimum absolute atomic E-state index is 0.0586. The third-order valence-electron chi connectivity index (χ3n) is 10.0. The normalized spacial score (nSPS) is 36.1. The number of fused-ring (bicyclic) bond motifs is 5. The summed E-state index contributed by atoms with van der Waals surface area (Å²) < 4.78 is 8.05. The summed E-state index contributed by atoms with van der Waals surface area (Å²) in [7, 11) is 0. The molecule has 3 saturated heterocycles. The summed E-state index contributed by atoms with van der Waals surface area (Å²) in [5.41, 5.74) is 1.47. The SMILES string of the molecule is O=C(O)C1CCCN1c1nc2ccccc2n(C2CC3COCC(C2)N3C2CC3CCCC(C3)C2)c1=O. The first kappa shape index (κ1) is 23.7. The fraction of sp³-hybridized carbons (Fsp3) is 0.690. The molecule has 2 aromatic rings. The molecule has 0 radical (unpaired) electrons. The van der Waals surface area contributed by atoms with E-state index in [1.165, 1.54) is 38.5 Å². The Morgan fingerprint density at radius 3 is 2.35 bits per heavy atom. The third kappa shape index (κ3) is 4.07. The molecule has 0 spiro atoms. The molecular formula is C29H38N4O4. The van der Waals surface area contributed by atoms with E-state index in [4.69, 9.17) is 9.72 Å². The Bertz CT molecular complexity index is 1220. The van der Waals surface area contributed by atoms with Gasteiger partial charge >= 0.3 is 5.97 Å². The molecule has 1 aromatic heterocycles. The van der Waals surface area contributed by atoms with E-state index < -0.39 is 12.0 Å². The van der Waals surface area contributed by atoms with E-state index in [1.807, 2.05) is 28.8 Å². The van der Waals surface area contributed by atoms with Crippen molar-refractivity contribution < 1.29 is 14.6 Å². The van der Waals surface area contributed by atoms with Gasteiger partial charge in [-0.25, -0.2) is 9.78 Å². The molecule has 37 heavy (non-hydrogen) atoms. The minimum atomic E-state index is -0.879. The van der Waals surface area contributed by atoms with E-state index in [0.29, 0.717) is 36.9 Å². The minimum Gasteiger partial charge on any atom is -0.480 e. The van der Waals surface area contributed by atoms with Crippen molar-refractivity contribution in [1.29, 1.82) is 0 Å². The standard InChI is InChI=1S/C29H38N4O4/c34-28-27(31-10-4-9-26(31)29(35)36)30-24-7-1-2-8-25(24)33(28)21-14-22-16-37-17-23(15-21)32(22)20-12-18-5-3-6-19(11-18)13-20/h1-2,7-8,18-23,26H,3-6,9-17H2,(H,35,36). The van der Waals surface area contributed by atoms with Crippen LogP contribution >= 0.6 is 0 Å². The third-order valence-corrected chi connectivity index (χ3v) is 10.0. The van der Waals surface area contributed by atoms with Gasteiger partial charge in [0.15, 0.2) is 5.82 Å². The van der Waals surface area contributed by atoms with Gasteiger partial charge in [0.05, 0.1) is 24.2 Å². The highest BCUT2D eigenvalue weighted by Gasteiger charge is 2.46. The van der Waals surface area contributed by atoms with Crippen LogP contribution < -0.4 is 10.5 Å². The van der Waals surface area contributed by atoms with Gasteiger partial charge in [0, 0.05) is 30.7 Å². The molecule has 5 unspecified atom stereocenters. The Labute approximate surface area is 217 Å². The van der Waals surface area contributed by atoms with Crippen molar-refractivity contribution in [2.45, 2.75) is 94.4 Å². The molecule has 1 N–H and O–H groups in total. The summed E-state index contributed by atoms with van der Waals surface area (Å²) >= 11 is 0. The number of carboxylic acid groups (broad SMARTS) is 1. The van der Waals surface area contributed by atoms with E-state index in [1.54, 1.807) is 4.90 Å². The number of carboxylic acids is 1. The van der Waals surface area contributed by atoms with Crippen molar-refractivity contribution in [1.82, 2.24) is 14.5 Å². The van der Waals surface area contributed by atoms with Gasteiger partial charge < -0.3 is 19.3 Å². The number of piperidine rings is 1. The van der Waals surface area contributed by atoms with Crippen molar-refractivity contribution in [2.75, 3.05) is 24.7 Å². The van der Waals surface area contributed by atoms with Crippen LogP contribution in [0, 0.1) is 11.8 Å². The number of aliphatic carboxylic acids is 1. The smallest absolute Gasteiger partial charge is 0.326 e. The second-order valence-electron chi connectivity index (χ2n) is 12.2. The van der Waals surface area contributed by atoms with Crippen LogP contribution in [0.5, 0.6) is 0 Å². The predicted molar refractivity (Wildman–Crippen MR) is 141 cm³/mol. The van der Waals surface area contributed by atoms with Crippen molar-refractivity contribution in [3.8, 4) is 0 Å². The molecule has 8 heteroatoms. The largest absolute Gasteiger partial charge is 0.480 e. The van der Waals surface area contributed by atoms with Crippen molar-refractivity contribution in [2.24, 2.45) is 11.8 Å². The van der Waals surface area contributed by atoms with Crippen molar-refractivity contribution in [3.05, 3.63) is 34.6 Å². The number of morpholine rings is 1. The average Bonchev–Trinajstić information content (AvgIpc) is 3.38. The topological polar surface area (TPSA) is 87.9 Å². The maximum Gasteiger partial charge on any atom is 0.326 e. The van der Waals surface area contributed by atoms with E-state index in [-0.39, 0.29) is 11.6 Å². The Morgan fingerprint density at radius 1 is 0.892 bits per heavy atom. The summed E-state index contributed by atoms with van der Waals surface area (Å²) in [5, 5.41) is 9.79. The second kappa shape index (κ2) is 9.38. The lowest BCUT2D eigenvalue weighted by atomic mass is 9.69. The van der Waals surface area contributed by atoms with Crippen LogP contribution in [0.3, 0.4) is 0 Å². The van der Waals surface area contributed by atoms with Gasteiger partial charge in [-0.2, -0.15) is 0 Å². The van der Waals surface area contributed by atoms with Gasteiger partial charge in [-0.05, 0) is 68.9 Å². The first-order chi connectivity index (χ1) is 18.1. The molecular weight excluding hydrogens is 468 g/mol. The lowest BCUT2D eigenvalue weighted by molar-refractivity contribution is -0.138. The molecule has 3 aliphatic heterocycles. The molecule has 5 atom stereocenters. The van der Waals surface area contributed by atoms with Gasteiger partial charge in [0.25, 0.3) is 5.56 Å². The van der Waals surface area contributed by atoms with Crippen LogP contribution in [0.4, 0.5) is 5.82 Å². The fourth-order valence-corrected chi connectivity index (χ4v) is 8.63. The fourth-order valence-electron chi connectivity index (χ4n) is 8.63. The Balaban J connectivity index is 1.24. The first-order valence-electron chi connectivity index (χ1n) is 14.4. The molecule has 5 fully saturated rings. The lowest BCUT2D eigenvalue weighted by Gasteiger charge is -2.55. The van der Waals surface area contributed by atoms with E-state index in [9.17, 15) is 14.7 Å². The first-order valence-corrected chi connectivity index (χ1v) is 14.4. The van der Waals surface area contributed by atoms with Crippen molar-refractivity contribution >= 4 is 22.8 Å². The summed E-state index contributed by atoms with van der Waals surface area (Å²) in [4.78, 5) is 35.3. The van der Waals surface area contributed by atoms with E-state index in [0.717, 1.165) is 55.3 Å². The molecule has 8 nitrogen and oxygen atoms in total. The number of nitrogens with zero attached hydrogens (tertiary/aromatic N) is 4. The van der Waals surface area contributed by atoms with Crippen LogP contribution in [-0.4, -0.2) is 69.5 Å². The zero-order valence-electron chi connectivity index (χ0n) is 21.5. The van der Waals surface area contributed by atoms with Gasteiger partial charge in [0.2, 0.25) is 0 Å². The zero-order chi connectivity index (χ0) is 25.1. The Kier molecular flexibility index (Phi) is 6.00. The summed E-state index contributed by atoms with van der Waals surface area (Å²) in [6, 6.07) is 8.51. The number of hydrogen-bond acceptors (Lipinski definition) is 6. The van der Waals surface area contributed by atoms with Gasteiger partial charge in [0.1, 0.15) is 6.04 Å². The molecule has 7 rings (SSSR count). The zero-order valence-corrected chi connectivity index (χ0v) is 21.5. The lowest BCUT2D eigenvalue weighted by Crippen LogP contribution is -2.62. The molecule has 2 aliphatic carbocycles. The maximum absolute atomic E-state index is 14.1. The molecule has 1 aromatic carbocycles. The molecule has 198 valence electrons. The Morgan fingerprint density at radius 2 is 1.62 bits per heavy atom. The van der Waals surface area contributed by atoms with Gasteiger partial charge in [-0.1, -0.05) is 31.4 Å². The summed E-state index contributed by atoms with van der Waals surface area (Å²) in [5.74, 6) is 1.19. The Hall–Kier alpha value is -2.45. The molecule has 0 amide bonds. The number of aromatic nitrogens is 2. The highest BCUT2D eigenvalue weighted by molar-refractivity contribution is 5.80. The highest BCUT2D eigenvalue weighted by Crippen LogP contribution is 2.45. The van der Waals surface area contributed by atoms with Crippen LogP contribution in [0.1, 0.15) is 70.3 Å². The summed E-state index contributed by atoms with van der Waals surface area (Å²) in [6.45, 7) is 2.02. The van der Waals surface area contributed by atoms with Crippen molar-refractivity contribution in [3.63, 3.8) is 0 Å². The number of rotatable bonds is 4. The molecule has 4 bridgehead atoms. The predicted octanol–water partition coefficient (Wildman–Crippen LogP) is 3.82. The van der Waals surface area contributed by atoms with E-state index in [2.05, 4.69) is 4.90 Å². The van der Waals surface area contributed by atoms with Gasteiger partial charge in [-0.15, -0.1) is 0 Å².